The Balaban J connectivity index is 1.84. The summed E-state index contributed by atoms with van der Waals surface area (Å²) >= 11 is 0. The Morgan fingerprint density at radius 1 is 1.30 bits per heavy atom. The van der Waals surface area contributed by atoms with Gasteiger partial charge in [0.05, 0.1) is 12.1 Å². The number of aliphatic hydroxyl groups is 1. The molecule has 1 amide bonds. The van der Waals surface area contributed by atoms with Gasteiger partial charge in [0, 0.05) is 6.42 Å². The van der Waals surface area contributed by atoms with E-state index in [1.807, 2.05) is 24.3 Å². The molecule has 1 aromatic rings. The molecule has 0 heterocycles. The maximum atomic E-state index is 11.9. The predicted molar refractivity (Wildman–Crippen MR) is 81.3 cm³/mol. The van der Waals surface area contributed by atoms with E-state index in [0.29, 0.717) is 6.42 Å². The molecule has 108 valence electrons. The van der Waals surface area contributed by atoms with Gasteiger partial charge in [-0.25, -0.2) is 0 Å². The van der Waals surface area contributed by atoms with Gasteiger partial charge in [-0.05, 0) is 25.3 Å². The van der Waals surface area contributed by atoms with Gasteiger partial charge in [-0.15, -0.1) is 0 Å². The Hall–Kier alpha value is -1.61. The standard InChI is InChI=1S/C17H23NO2/c1-14-7-9-15(10-8-14)5-4-6-16(20)18-17(13-19)11-2-3-12-17/h4-5,7-10,19H,2-3,6,11-13H2,1H3,(H,18,20)/b5-4+. The Morgan fingerprint density at radius 3 is 2.55 bits per heavy atom. The number of nitrogens with one attached hydrogen (secondary N) is 1. The van der Waals surface area contributed by atoms with Crippen molar-refractivity contribution in [2.45, 2.75) is 44.6 Å². The minimum atomic E-state index is -0.366. The van der Waals surface area contributed by atoms with Crippen LogP contribution in [0.5, 0.6) is 0 Å². The highest BCUT2D eigenvalue weighted by atomic mass is 16.3. The molecule has 2 N–H and O–H groups in total. The highest BCUT2D eigenvalue weighted by molar-refractivity contribution is 5.79. The molecule has 0 spiro atoms. The molecule has 0 unspecified atom stereocenters. The first kappa shape index (κ1) is 14.8. The first-order valence-electron chi connectivity index (χ1n) is 7.29. The third-order valence-electron chi connectivity index (χ3n) is 3.96. The van der Waals surface area contributed by atoms with Gasteiger partial charge in [0.25, 0.3) is 0 Å². The minimum absolute atomic E-state index is 0.00990. The Bertz CT molecular complexity index is 470. The molecule has 0 aliphatic heterocycles. The Kier molecular flexibility index (Phi) is 4.96. The lowest BCUT2D eigenvalue weighted by atomic mass is 9.98. The summed E-state index contributed by atoms with van der Waals surface area (Å²) in [5, 5.41) is 12.5. The number of amides is 1. The number of aliphatic hydroxyl groups excluding tert-OH is 1. The molecule has 0 saturated heterocycles. The molecule has 0 atom stereocenters. The largest absolute Gasteiger partial charge is 0.394 e. The van der Waals surface area contributed by atoms with Gasteiger partial charge < -0.3 is 10.4 Å². The van der Waals surface area contributed by atoms with Crippen molar-refractivity contribution in [3.63, 3.8) is 0 Å². The van der Waals surface area contributed by atoms with Gasteiger partial charge in [-0.1, -0.05) is 54.8 Å². The third-order valence-corrected chi connectivity index (χ3v) is 3.96. The number of rotatable bonds is 5. The van der Waals surface area contributed by atoms with Gasteiger partial charge in [-0.3, -0.25) is 4.79 Å². The van der Waals surface area contributed by atoms with Crippen LogP contribution in [0.4, 0.5) is 0 Å². The van der Waals surface area contributed by atoms with Crippen molar-refractivity contribution in [2.75, 3.05) is 6.61 Å². The molecular weight excluding hydrogens is 250 g/mol. The number of carbonyl (C=O) groups excluding carboxylic acids is 1. The van der Waals surface area contributed by atoms with Crippen LogP contribution in [0.2, 0.25) is 0 Å². The summed E-state index contributed by atoms with van der Waals surface area (Å²) in [5.74, 6) is -0.00990. The number of carbonyl (C=O) groups is 1. The second kappa shape index (κ2) is 6.71. The van der Waals surface area contributed by atoms with Crippen LogP contribution in [0.3, 0.4) is 0 Å². The number of aryl methyl sites for hydroxylation is 1. The average Bonchev–Trinajstić information content (AvgIpc) is 2.90. The topological polar surface area (TPSA) is 49.3 Å². The van der Waals surface area contributed by atoms with E-state index in [-0.39, 0.29) is 18.1 Å². The lowest BCUT2D eigenvalue weighted by Gasteiger charge is -2.27. The zero-order chi connectivity index (χ0) is 14.4. The molecule has 0 aromatic heterocycles. The zero-order valence-electron chi connectivity index (χ0n) is 12.1. The van der Waals surface area contributed by atoms with Gasteiger partial charge in [-0.2, -0.15) is 0 Å². The van der Waals surface area contributed by atoms with Gasteiger partial charge in [0.2, 0.25) is 5.91 Å². The van der Waals surface area contributed by atoms with E-state index in [1.54, 1.807) is 0 Å². The van der Waals surface area contributed by atoms with Gasteiger partial charge >= 0.3 is 0 Å². The highest BCUT2D eigenvalue weighted by Crippen LogP contribution is 2.29. The number of hydrogen-bond acceptors (Lipinski definition) is 2. The molecule has 1 fully saturated rings. The highest BCUT2D eigenvalue weighted by Gasteiger charge is 2.34. The minimum Gasteiger partial charge on any atom is -0.394 e. The molecule has 1 aliphatic carbocycles. The predicted octanol–water partition coefficient (Wildman–Crippen LogP) is 2.82. The molecule has 3 heteroatoms. The SMILES string of the molecule is Cc1ccc(/C=C/CC(=O)NC2(CO)CCCC2)cc1. The summed E-state index contributed by atoms with van der Waals surface area (Å²) < 4.78 is 0. The number of hydrogen-bond donors (Lipinski definition) is 2. The summed E-state index contributed by atoms with van der Waals surface area (Å²) in [6.07, 6.45) is 8.13. The molecule has 20 heavy (non-hydrogen) atoms. The summed E-state index contributed by atoms with van der Waals surface area (Å²) in [5.41, 5.74) is 1.96. The van der Waals surface area contributed by atoms with Crippen molar-refractivity contribution in [1.29, 1.82) is 0 Å². The summed E-state index contributed by atoms with van der Waals surface area (Å²) in [6.45, 7) is 2.09. The van der Waals surface area contributed by atoms with Crippen molar-refractivity contribution >= 4 is 12.0 Å². The third kappa shape index (κ3) is 3.94. The molecule has 3 nitrogen and oxygen atoms in total. The van der Waals surface area contributed by atoms with Gasteiger partial charge in [0.15, 0.2) is 0 Å². The number of benzene rings is 1. The van der Waals surface area contributed by atoms with E-state index >= 15 is 0 Å². The van der Waals surface area contributed by atoms with Crippen LogP contribution in [0.15, 0.2) is 30.3 Å². The van der Waals surface area contributed by atoms with E-state index in [4.69, 9.17) is 0 Å². The lowest BCUT2D eigenvalue weighted by molar-refractivity contribution is -0.122. The van der Waals surface area contributed by atoms with Crippen LogP contribution in [0.1, 0.15) is 43.2 Å². The van der Waals surface area contributed by atoms with Crippen LogP contribution >= 0.6 is 0 Å². The second-order valence-electron chi connectivity index (χ2n) is 5.71. The van der Waals surface area contributed by atoms with Crippen molar-refractivity contribution in [1.82, 2.24) is 5.32 Å². The van der Waals surface area contributed by atoms with Crippen molar-refractivity contribution in [3.8, 4) is 0 Å². The van der Waals surface area contributed by atoms with E-state index in [2.05, 4.69) is 24.4 Å². The quantitative estimate of drug-likeness (QED) is 0.866. The summed E-state index contributed by atoms with van der Waals surface area (Å²) in [6, 6.07) is 8.18. The molecule has 0 bridgehead atoms. The molecule has 1 aromatic carbocycles. The van der Waals surface area contributed by atoms with Crippen molar-refractivity contribution in [2.24, 2.45) is 0 Å². The normalized spacial score (nSPS) is 17.5. The Labute approximate surface area is 120 Å². The fourth-order valence-electron chi connectivity index (χ4n) is 2.70. The first-order chi connectivity index (χ1) is 9.63. The van der Waals surface area contributed by atoms with E-state index in [9.17, 15) is 9.90 Å². The van der Waals surface area contributed by atoms with Crippen LogP contribution in [0.25, 0.3) is 6.08 Å². The monoisotopic (exact) mass is 273 g/mol. The lowest BCUT2D eigenvalue weighted by Crippen LogP contribution is -2.49. The smallest absolute Gasteiger partial charge is 0.224 e. The van der Waals surface area contributed by atoms with Gasteiger partial charge in [0.1, 0.15) is 0 Å². The maximum Gasteiger partial charge on any atom is 0.224 e. The Morgan fingerprint density at radius 2 is 1.95 bits per heavy atom. The fourth-order valence-corrected chi connectivity index (χ4v) is 2.70. The van der Waals surface area contributed by atoms with Crippen LogP contribution in [-0.2, 0) is 4.79 Å². The molecule has 2 rings (SSSR count). The van der Waals surface area contributed by atoms with Crippen LogP contribution in [0, 0.1) is 6.92 Å². The molecule has 0 radical (unpaired) electrons. The van der Waals surface area contributed by atoms with E-state index in [1.165, 1.54) is 5.56 Å². The molecule has 1 saturated carbocycles. The fraction of sp³-hybridized carbons (Fsp3) is 0.471. The van der Waals surface area contributed by atoms with Crippen LogP contribution < -0.4 is 5.32 Å². The summed E-state index contributed by atoms with van der Waals surface area (Å²) in [4.78, 5) is 11.9. The summed E-state index contributed by atoms with van der Waals surface area (Å²) in [7, 11) is 0. The van der Waals surface area contributed by atoms with E-state index in [0.717, 1.165) is 31.2 Å². The second-order valence-corrected chi connectivity index (χ2v) is 5.71. The van der Waals surface area contributed by atoms with E-state index < -0.39 is 0 Å². The first-order valence-corrected chi connectivity index (χ1v) is 7.29. The zero-order valence-corrected chi connectivity index (χ0v) is 12.1. The molecular formula is C17H23NO2. The van der Waals surface area contributed by atoms with Crippen molar-refractivity contribution < 1.29 is 9.90 Å². The van der Waals surface area contributed by atoms with Crippen LogP contribution in [-0.4, -0.2) is 23.2 Å². The molecule has 1 aliphatic rings. The maximum absolute atomic E-state index is 11.9. The average molecular weight is 273 g/mol. The van der Waals surface area contributed by atoms with Crippen molar-refractivity contribution in [3.05, 3.63) is 41.5 Å².